The summed E-state index contributed by atoms with van der Waals surface area (Å²) in [5.41, 5.74) is 0. The van der Waals surface area contributed by atoms with E-state index in [0.717, 1.165) is 32.6 Å². The van der Waals surface area contributed by atoms with E-state index in [2.05, 4.69) is 11.1 Å². The fourth-order valence-electron chi connectivity index (χ4n) is 1.04. The van der Waals surface area contributed by atoms with Crippen LogP contribution in [0, 0.1) is 0 Å². The number of hydrogen-bond acceptors (Lipinski definition) is 6. The van der Waals surface area contributed by atoms with Gasteiger partial charge in [0, 0.05) is 0 Å². The van der Waals surface area contributed by atoms with Gasteiger partial charge in [0.15, 0.2) is 6.10 Å². The van der Waals surface area contributed by atoms with E-state index in [9.17, 15) is 17.8 Å². The molecule has 96 valence electrons. The second-order valence-corrected chi connectivity index (χ2v) is 4.38. The Hall–Kier alpha value is -0.660. The fourth-order valence-corrected chi connectivity index (χ4v) is 1.47. The molecule has 6 nitrogen and oxygen atoms in total. The summed E-state index contributed by atoms with van der Waals surface area (Å²) in [4.78, 5) is 11.1. The van der Waals surface area contributed by atoms with Gasteiger partial charge in [-0.2, -0.15) is 0 Å². The standard InChI is InChI=1S/C9H18O6S/c1-3-4-5-6-7-14-9(10)8(2)15-16(11,12)13/h8H,3-7H2,1-2H3,(H,11,12,13)/p-1. The predicted octanol–water partition coefficient (Wildman–Crippen LogP) is 0.975. The Morgan fingerprint density at radius 1 is 1.31 bits per heavy atom. The van der Waals surface area contributed by atoms with Gasteiger partial charge < -0.3 is 9.29 Å². The molecule has 0 aromatic rings. The maximum absolute atomic E-state index is 11.1. The summed E-state index contributed by atoms with van der Waals surface area (Å²) in [6, 6.07) is 0. The molecule has 0 aliphatic rings. The number of esters is 1. The van der Waals surface area contributed by atoms with Crippen LogP contribution in [0.25, 0.3) is 0 Å². The van der Waals surface area contributed by atoms with Gasteiger partial charge in [-0.1, -0.05) is 26.2 Å². The molecule has 0 rings (SSSR count). The first-order chi connectivity index (χ1) is 7.37. The minimum absolute atomic E-state index is 0.214. The van der Waals surface area contributed by atoms with Crippen LogP contribution in [0.15, 0.2) is 0 Å². The zero-order valence-electron chi connectivity index (χ0n) is 9.47. The summed E-state index contributed by atoms with van der Waals surface area (Å²) in [6.07, 6.45) is 2.41. The Balaban J connectivity index is 3.72. The van der Waals surface area contributed by atoms with Crippen LogP contribution in [-0.4, -0.2) is 31.7 Å². The highest BCUT2D eigenvalue weighted by molar-refractivity contribution is 7.80. The quantitative estimate of drug-likeness (QED) is 0.277. The topological polar surface area (TPSA) is 92.7 Å². The molecular formula is C9H17O6S-. The van der Waals surface area contributed by atoms with E-state index in [0.29, 0.717) is 0 Å². The third-order valence-corrected chi connectivity index (χ3v) is 2.36. The van der Waals surface area contributed by atoms with Gasteiger partial charge in [0.2, 0.25) is 10.4 Å². The van der Waals surface area contributed by atoms with Gasteiger partial charge in [0.1, 0.15) is 0 Å². The summed E-state index contributed by atoms with van der Waals surface area (Å²) < 4.78 is 39.2. The zero-order valence-corrected chi connectivity index (χ0v) is 10.3. The molecule has 0 aromatic carbocycles. The van der Waals surface area contributed by atoms with E-state index in [1.165, 1.54) is 0 Å². The number of ether oxygens (including phenoxy) is 1. The highest BCUT2D eigenvalue weighted by Crippen LogP contribution is 2.02. The Kier molecular flexibility index (Phi) is 7.27. The third-order valence-electron chi connectivity index (χ3n) is 1.84. The number of carbonyl (C=O) groups is 1. The highest BCUT2D eigenvalue weighted by atomic mass is 32.3. The Morgan fingerprint density at radius 3 is 2.44 bits per heavy atom. The zero-order chi connectivity index (χ0) is 12.6. The minimum Gasteiger partial charge on any atom is -0.726 e. The molecule has 0 saturated heterocycles. The van der Waals surface area contributed by atoms with E-state index in [-0.39, 0.29) is 6.61 Å². The van der Waals surface area contributed by atoms with Crippen LogP contribution in [0.1, 0.15) is 39.5 Å². The van der Waals surface area contributed by atoms with E-state index in [4.69, 9.17) is 4.74 Å². The molecule has 7 heteroatoms. The van der Waals surface area contributed by atoms with Crippen molar-refractivity contribution < 1.29 is 26.7 Å². The Morgan fingerprint density at radius 2 is 1.94 bits per heavy atom. The monoisotopic (exact) mass is 253 g/mol. The van der Waals surface area contributed by atoms with Crippen LogP contribution in [0.2, 0.25) is 0 Å². The van der Waals surface area contributed by atoms with Crippen LogP contribution < -0.4 is 0 Å². The van der Waals surface area contributed by atoms with Crippen LogP contribution in [0.4, 0.5) is 0 Å². The number of carbonyl (C=O) groups excluding carboxylic acids is 1. The van der Waals surface area contributed by atoms with Gasteiger partial charge in [0.25, 0.3) is 0 Å². The van der Waals surface area contributed by atoms with E-state index < -0.39 is 22.5 Å². The average Bonchev–Trinajstić information content (AvgIpc) is 2.14. The van der Waals surface area contributed by atoms with Gasteiger partial charge in [-0.3, -0.25) is 4.18 Å². The van der Waals surface area contributed by atoms with Crippen molar-refractivity contribution in [1.29, 1.82) is 0 Å². The minimum atomic E-state index is -4.86. The molecule has 1 unspecified atom stereocenters. The number of hydrogen-bond donors (Lipinski definition) is 0. The second-order valence-electron chi connectivity index (χ2n) is 3.37. The molecule has 16 heavy (non-hydrogen) atoms. The van der Waals surface area contributed by atoms with E-state index in [1.54, 1.807) is 0 Å². The maximum Gasteiger partial charge on any atom is 0.336 e. The molecule has 0 spiro atoms. The molecule has 0 heterocycles. The fraction of sp³-hybridized carbons (Fsp3) is 0.889. The lowest BCUT2D eigenvalue weighted by Crippen LogP contribution is -2.26. The smallest absolute Gasteiger partial charge is 0.336 e. The lowest BCUT2D eigenvalue weighted by atomic mass is 10.2. The largest absolute Gasteiger partial charge is 0.726 e. The summed E-state index contributed by atoms with van der Waals surface area (Å²) >= 11 is 0. The molecule has 0 aromatic heterocycles. The lowest BCUT2D eigenvalue weighted by molar-refractivity contribution is -0.151. The lowest BCUT2D eigenvalue weighted by Gasteiger charge is -2.14. The first kappa shape index (κ1) is 15.3. The first-order valence-electron chi connectivity index (χ1n) is 5.17. The summed E-state index contributed by atoms with van der Waals surface area (Å²) in [7, 11) is -4.86. The van der Waals surface area contributed by atoms with Crippen molar-refractivity contribution in [2.45, 2.75) is 45.6 Å². The molecule has 0 amide bonds. The molecule has 0 saturated carbocycles. The number of unbranched alkanes of at least 4 members (excludes halogenated alkanes) is 3. The van der Waals surface area contributed by atoms with Crippen molar-refractivity contribution in [2.24, 2.45) is 0 Å². The summed E-state index contributed by atoms with van der Waals surface area (Å²) in [5, 5.41) is 0. The summed E-state index contributed by atoms with van der Waals surface area (Å²) in [6.45, 7) is 3.43. The second kappa shape index (κ2) is 7.59. The highest BCUT2D eigenvalue weighted by Gasteiger charge is 2.17. The van der Waals surface area contributed by atoms with Crippen LogP contribution in [0.3, 0.4) is 0 Å². The van der Waals surface area contributed by atoms with Crippen LogP contribution in [-0.2, 0) is 24.1 Å². The van der Waals surface area contributed by atoms with Gasteiger partial charge in [0.05, 0.1) is 6.61 Å². The van der Waals surface area contributed by atoms with Gasteiger partial charge >= 0.3 is 5.97 Å². The van der Waals surface area contributed by atoms with Crippen molar-refractivity contribution in [3.05, 3.63) is 0 Å². The molecule has 0 aliphatic carbocycles. The Bertz CT molecular complexity index is 297. The van der Waals surface area contributed by atoms with Crippen molar-refractivity contribution in [1.82, 2.24) is 0 Å². The molecule has 0 radical (unpaired) electrons. The molecular weight excluding hydrogens is 236 g/mol. The first-order valence-corrected chi connectivity index (χ1v) is 6.51. The molecule has 0 N–H and O–H groups in total. The van der Waals surface area contributed by atoms with Gasteiger partial charge in [-0.05, 0) is 13.3 Å². The molecule has 0 fully saturated rings. The van der Waals surface area contributed by atoms with Crippen molar-refractivity contribution in [2.75, 3.05) is 6.61 Å². The van der Waals surface area contributed by atoms with Gasteiger partial charge in [-0.25, -0.2) is 13.2 Å². The SMILES string of the molecule is CCCCCCOC(=O)C(C)OS(=O)(=O)[O-]. The van der Waals surface area contributed by atoms with Gasteiger partial charge in [-0.15, -0.1) is 0 Å². The predicted molar refractivity (Wildman–Crippen MR) is 55.3 cm³/mol. The van der Waals surface area contributed by atoms with Crippen LogP contribution >= 0.6 is 0 Å². The normalized spacial score (nSPS) is 13.4. The molecule has 0 aliphatic heterocycles. The van der Waals surface area contributed by atoms with Crippen LogP contribution in [0.5, 0.6) is 0 Å². The van der Waals surface area contributed by atoms with Crippen molar-refractivity contribution in [3.63, 3.8) is 0 Å². The summed E-state index contributed by atoms with van der Waals surface area (Å²) in [5.74, 6) is -0.837. The average molecular weight is 253 g/mol. The van der Waals surface area contributed by atoms with Crippen molar-refractivity contribution >= 4 is 16.4 Å². The van der Waals surface area contributed by atoms with Crippen molar-refractivity contribution in [3.8, 4) is 0 Å². The number of rotatable bonds is 8. The van der Waals surface area contributed by atoms with E-state index in [1.807, 2.05) is 0 Å². The third kappa shape index (κ3) is 8.63. The maximum atomic E-state index is 11.1. The molecule has 0 bridgehead atoms. The Labute approximate surface area is 95.9 Å². The van der Waals surface area contributed by atoms with E-state index >= 15 is 0 Å². The molecule has 1 atom stereocenters.